The molecule has 11 rings (SSSR count). The number of nitrogens with zero attached hydrogens (tertiary/aromatic N) is 1. The van der Waals surface area contributed by atoms with Gasteiger partial charge in [-0.25, -0.2) is 0 Å². The minimum absolute atomic E-state index is 0.879. The maximum atomic E-state index is 6.57. The smallest absolute Gasteiger partial charge is 0.136 e. The van der Waals surface area contributed by atoms with Crippen molar-refractivity contribution in [3.05, 3.63) is 224 Å². The van der Waals surface area contributed by atoms with Crippen LogP contribution in [0, 0.1) is 0 Å². The Hall–Kier alpha value is -7.68. The Morgan fingerprint density at radius 2 is 0.828 bits per heavy atom. The van der Waals surface area contributed by atoms with Crippen LogP contribution < -0.4 is 4.90 Å². The molecule has 11 aromatic rings. The van der Waals surface area contributed by atoms with Crippen LogP contribution >= 0.6 is 0 Å². The Bertz CT molecular complexity index is 3290. The number of benzene rings is 10. The van der Waals surface area contributed by atoms with Crippen molar-refractivity contribution in [2.45, 2.75) is 0 Å². The summed E-state index contributed by atoms with van der Waals surface area (Å²) in [5, 5.41) is 7.10. The SMILES string of the molecule is c1ccc(-c2ccccc2N(c2ccc(-c3cccc(-c4ccc5ccccc5c4)c3)cc2)c2ccccc2-c2cccc3oc4cc5ccccc5cc4c23)cc1. The topological polar surface area (TPSA) is 16.4 Å². The van der Waals surface area contributed by atoms with E-state index < -0.39 is 0 Å². The fourth-order valence-electron chi connectivity index (χ4n) is 8.62. The van der Waals surface area contributed by atoms with Crippen LogP contribution in [0.5, 0.6) is 0 Å². The standard InChI is InChI=1S/C56H37NO/c1-2-15-40(16-3-1)48-22-8-10-25-52(48)57(47-32-30-39(31-33-47)42-20-12-21-43(34-42)46-29-28-38-14-4-5-17-41(38)35-46)53-26-11-9-23-49(53)50-24-13-27-54-56(50)51-36-44-18-6-7-19-45(44)37-55(51)58-54/h1-37H. The first-order chi connectivity index (χ1) is 28.7. The van der Waals surface area contributed by atoms with Crippen LogP contribution in [-0.4, -0.2) is 0 Å². The maximum absolute atomic E-state index is 6.57. The molecule has 0 aliphatic rings. The summed E-state index contributed by atoms with van der Waals surface area (Å²) in [4.78, 5) is 2.42. The van der Waals surface area contributed by atoms with E-state index in [9.17, 15) is 0 Å². The molecule has 1 heterocycles. The lowest BCUT2D eigenvalue weighted by atomic mass is 9.95. The predicted molar refractivity (Wildman–Crippen MR) is 245 cm³/mol. The summed E-state index contributed by atoms with van der Waals surface area (Å²) in [6, 6.07) is 80.7. The van der Waals surface area contributed by atoms with E-state index >= 15 is 0 Å². The zero-order valence-electron chi connectivity index (χ0n) is 31.7. The van der Waals surface area contributed by atoms with Gasteiger partial charge in [0.15, 0.2) is 0 Å². The molecule has 0 radical (unpaired) electrons. The van der Waals surface area contributed by atoms with Gasteiger partial charge in [0, 0.05) is 27.6 Å². The van der Waals surface area contributed by atoms with Gasteiger partial charge < -0.3 is 9.32 Å². The van der Waals surface area contributed by atoms with E-state index in [-0.39, 0.29) is 0 Å². The maximum Gasteiger partial charge on any atom is 0.136 e. The molecule has 0 aliphatic heterocycles. The highest BCUT2D eigenvalue weighted by Crippen LogP contribution is 2.47. The Balaban J connectivity index is 1.07. The van der Waals surface area contributed by atoms with Crippen LogP contribution in [0.25, 0.3) is 88.0 Å². The summed E-state index contributed by atoms with van der Waals surface area (Å²) in [5.41, 5.74) is 14.4. The van der Waals surface area contributed by atoms with Crippen molar-refractivity contribution >= 4 is 60.5 Å². The molecule has 0 unspecified atom stereocenters. The molecule has 58 heavy (non-hydrogen) atoms. The number of furan rings is 1. The fraction of sp³-hybridized carbons (Fsp3) is 0. The molecule has 0 saturated heterocycles. The first kappa shape index (κ1) is 33.6. The highest BCUT2D eigenvalue weighted by Gasteiger charge is 2.22. The molecule has 0 amide bonds. The van der Waals surface area contributed by atoms with Crippen molar-refractivity contribution in [1.29, 1.82) is 0 Å². The third kappa shape index (κ3) is 5.91. The molecule has 0 N–H and O–H groups in total. The molecule has 0 atom stereocenters. The quantitative estimate of drug-likeness (QED) is 0.162. The van der Waals surface area contributed by atoms with E-state index in [4.69, 9.17) is 4.42 Å². The third-order valence-corrected chi connectivity index (χ3v) is 11.4. The normalized spacial score (nSPS) is 11.4. The van der Waals surface area contributed by atoms with Gasteiger partial charge in [-0.15, -0.1) is 0 Å². The van der Waals surface area contributed by atoms with E-state index in [0.29, 0.717) is 0 Å². The van der Waals surface area contributed by atoms with Crippen LogP contribution in [0.1, 0.15) is 0 Å². The molecule has 272 valence electrons. The van der Waals surface area contributed by atoms with Gasteiger partial charge in [0.1, 0.15) is 11.2 Å². The summed E-state index contributed by atoms with van der Waals surface area (Å²) in [6.45, 7) is 0. The number of para-hydroxylation sites is 2. The number of hydrogen-bond donors (Lipinski definition) is 0. The molecule has 0 fully saturated rings. The van der Waals surface area contributed by atoms with Gasteiger partial charge in [-0.2, -0.15) is 0 Å². The van der Waals surface area contributed by atoms with Gasteiger partial charge >= 0.3 is 0 Å². The zero-order valence-corrected chi connectivity index (χ0v) is 31.7. The molecular weight excluding hydrogens is 703 g/mol. The number of anilines is 3. The molecule has 10 aromatic carbocycles. The van der Waals surface area contributed by atoms with Gasteiger partial charge in [0.2, 0.25) is 0 Å². The summed E-state index contributed by atoms with van der Waals surface area (Å²) in [5.74, 6) is 0. The Kier molecular flexibility index (Phi) is 8.19. The lowest BCUT2D eigenvalue weighted by Gasteiger charge is -2.30. The molecule has 0 saturated carbocycles. The predicted octanol–water partition coefficient (Wildman–Crippen LogP) is 16.0. The van der Waals surface area contributed by atoms with Gasteiger partial charge in [-0.05, 0) is 110 Å². The molecule has 2 nitrogen and oxygen atoms in total. The largest absolute Gasteiger partial charge is 0.456 e. The fourth-order valence-corrected chi connectivity index (χ4v) is 8.62. The van der Waals surface area contributed by atoms with Crippen LogP contribution in [0.15, 0.2) is 229 Å². The number of fused-ring (bicyclic) bond motifs is 5. The number of rotatable bonds is 7. The lowest BCUT2D eigenvalue weighted by molar-refractivity contribution is 0.669. The molecule has 0 spiro atoms. The molecule has 2 heteroatoms. The Labute approximate surface area is 337 Å². The highest BCUT2D eigenvalue weighted by atomic mass is 16.3. The second-order valence-electron chi connectivity index (χ2n) is 14.9. The van der Waals surface area contributed by atoms with Crippen molar-refractivity contribution in [2.24, 2.45) is 0 Å². The summed E-state index contributed by atoms with van der Waals surface area (Å²) < 4.78 is 6.57. The molecule has 1 aromatic heterocycles. The van der Waals surface area contributed by atoms with E-state index in [1.807, 2.05) is 0 Å². The molecular formula is C56H37NO. The lowest BCUT2D eigenvalue weighted by Crippen LogP contribution is -2.12. The third-order valence-electron chi connectivity index (χ3n) is 11.4. The Morgan fingerprint density at radius 3 is 1.60 bits per heavy atom. The Morgan fingerprint density at radius 1 is 0.293 bits per heavy atom. The summed E-state index contributed by atoms with van der Waals surface area (Å²) >= 11 is 0. The van der Waals surface area contributed by atoms with Crippen LogP contribution in [0.3, 0.4) is 0 Å². The van der Waals surface area contributed by atoms with Gasteiger partial charge in [-0.3, -0.25) is 0 Å². The number of hydrogen-bond acceptors (Lipinski definition) is 2. The summed E-state index contributed by atoms with van der Waals surface area (Å²) in [7, 11) is 0. The van der Waals surface area contributed by atoms with Crippen molar-refractivity contribution in [3.8, 4) is 44.5 Å². The second kappa shape index (κ2) is 14.1. The average Bonchev–Trinajstić information content (AvgIpc) is 3.67. The van der Waals surface area contributed by atoms with E-state index in [1.54, 1.807) is 0 Å². The molecule has 0 aliphatic carbocycles. The minimum Gasteiger partial charge on any atom is -0.456 e. The van der Waals surface area contributed by atoms with Gasteiger partial charge in [0.25, 0.3) is 0 Å². The summed E-state index contributed by atoms with van der Waals surface area (Å²) in [6.07, 6.45) is 0. The van der Waals surface area contributed by atoms with Crippen molar-refractivity contribution < 1.29 is 4.42 Å². The van der Waals surface area contributed by atoms with Crippen LogP contribution in [0.4, 0.5) is 17.1 Å². The van der Waals surface area contributed by atoms with Crippen LogP contribution in [-0.2, 0) is 0 Å². The van der Waals surface area contributed by atoms with Gasteiger partial charge in [0.05, 0.1) is 11.4 Å². The minimum atomic E-state index is 0.879. The van der Waals surface area contributed by atoms with E-state index in [1.165, 1.54) is 38.2 Å². The van der Waals surface area contributed by atoms with E-state index in [0.717, 1.165) is 66.8 Å². The molecule has 0 bridgehead atoms. The first-order valence-electron chi connectivity index (χ1n) is 19.8. The van der Waals surface area contributed by atoms with Crippen molar-refractivity contribution in [2.75, 3.05) is 4.90 Å². The van der Waals surface area contributed by atoms with Gasteiger partial charge in [-0.1, -0.05) is 170 Å². The highest BCUT2D eigenvalue weighted by molar-refractivity contribution is 6.16. The van der Waals surface area contributed by atoms with Crippen molar-refractivity contribution in [3.63, 3.8) is 0 Å². The zero-order chi connectivity index (χ0) is 38.4. The first-order valence-corrected chi connectivity index (χ1v) is 19.8. The van der Waals surface area contributed by atoms with Crippen molar-refractivity contribution in [1.82, 2.24) is 0 Å². The second-order valence-corrected chi connectivity index (χ2v) is 14.9. The monoisotopic (exact) mass is 739 g/mol. The average molecular weight is 740 g/mol. The van der Waals surface area contributed by atoms with Crippen LogP contribution in [0.2, 0.25) is 0 Å². The van der Waals surface area contributed by atoms with E-state index in [2.05, 4.69) is 229 Å².